The molecule has 102 valence electrons. The molecule has 3 rings (SSSR count). The predicted molar refractivity (Wildman–Crippen MR) is 74.9 cm³/mol. The van der Waals surface area contributed by atoms with Crippen LogP contribution in [0, 0.1) is 6.92 Å². The van der Waals surface area contributed by atoms with Crippen molar-refractivity contribution in [1.29, 1.82) is 0 Å². The lowest BCUT2D eigenvalue weighted by Crippen LogP contribution is -2.63. The fraction of sp³-hybridized carbons (Fsp3) is 0.533. The van der Waals surface area contributed by atoms with E-state index in [0.717, 1.165) is 31.7 Å². The summed E-state index contributed by atoms with van der Waals surface area (Å²) >= 11 is 0. The van der Waals surface area contributed by atoms with E-state index in [-0.39, 0.29) is 11.9 Å². The first-order valence-electron chi connectivity index (χ1n) is 6.95. The number of fused-ring (bicyclic) bond motifs is 1. The summed E-state index contributed by atoms with van der Waals surface area (Å²) in [6.45, 7) is 5.79. The number of piperazine rings is 2. The van der Waals surface area contributed by atoms with Gasteiger partial charge in [0.15, 0.2) is 0 Å². The average Bonchev–Trinajstić information content (AvgIpc) is 2.42. The molecular weight excluding hydrogens is 238 g/mol. The number of carbonyl (C=O) groups is 1. The highest BCUT2D eigenvalue weighted by atomic mass is 16.2. The van der Waals surface area contributed by atoms with Gasteiger partial charge in [-0.1, -0.05) is 29.8 Å². The van der Waals surface area contributed by atoms with Crippen LogP contribution in [0.25, 0.3) is 0 Å². The number of likely N-dealkylation sites (N-methyl/N-ethyl adjacent to an activating group) is 1. The highest BCUT2D eigenvalue weighted by Crippen LogP contribution is 2.30. The lowest BCUT2D eigenvalue weighted by Gasteiger charge is -2.47. The molecule has 0 radical (unpaired) electrons. The molecule has 2 unspecified atom stereocenters. The van der Waals surface area contributed by atoms with Crippen molar-refractivity contribution in [1.82, 2.24) is 15.1 Å². The summed E-state index contributed by atoms with van der Waals surface area (Å²) in [4.78, 5) is 16.8. The van der Waals surface area contributed by atoms with Crippen LogP contribution < -0.4 is 5.32 Å². The van der Waals surface area contributed by atoms with Crippen molar-refractivity contribution < 1.29 is 4.79 Å². The van der Waals surface area contributed by atoms with E-state index in [0.29, 0.717) is 6.04 Å². The fourth-order valence-electron chi connectivity index (χ4n) is 3.13. The molecule has 0 aliphatic carbocycles. The van der Waals surface area contributed by atoms with Gasteiger partial charge in [-0.05, 0) is 12.5 Å². The number of amides is 1. The Kier molecular flexibility index (Phi) is 3.29. The SMILES string of the molecule is Cc1ccc(C2C(=O)N(C)CC3CNCCN32)cc1. The molecule has 0 spiro atoms. The van der Waals surface area contributed by atoms with E-state index < -0.39 is 0 Å². The number of carbonyl (C=O) groups excluding carboxylic acids is 1. The smallest absolute Gasteiger partial charge is 0.244 e. The van der Waals surface area contributed by atoms with Gasteiger partial charge >= 0.3 is 0 Å². The maximum atomic E-state index is 12.5. The third kappa shape index (κ3) is 2.26. The van der Waals surface area contributed by atoms with Crippen LogP contribution in [0.4, 0.5) is 0 Å². The van der Waals surface area contributed by atoms with Crippen LogP contribution in [-0.4, -0.2) is 55.0 Å². The van der Waals surface area contributed by atoms with Crippen LogP contribution in [0.1, 0.15) is 17.2 Å². The first-order valence-corrected chi connectivity index (χ1v) is 6.95. The standard InChI is InChI=1S/C15H21N3O/c1-11-3-5-12(6-4-11)14-15(19)17(2)10-13-9-16-7-8-18(13)14/h3-6,13-14,16H,7-10H2,1-2H3. The number of hydrogen-bond donors (Lipinski definition) is 1. The summed E-state index contributed by atoms with van der Waals surface area (Å²) in [6.07, 6.45) is 0. The summed E-state index contributed by atoms with van der Waals surface area (Å²) < 4.78 is 0. The van der Waals surface area contributed by atoms with Crippen LogP contribution in [0.2, 0.25) is 0 Å². The minimum atomic E-state index is -0.105. The van der Waals surface area contributed by atoms with Crippen molar-refractivity contribution >= 4 is 5.91 Å². The zero-order valence-corrected chi connectivity index (χ0v) is 11.6. The van der Waals surface area contributed by atoms with Crippen LogP contribution >= 0.6 is 0 Å². The molecule has 4 nitrogen and oxygen atoms in total. The molecule has 4 heteroatoms. The molecule has 1 aromatic carbocycles. The lowest BCUT2D eigenvalue weighted by atomic mass is 9.96. The maximum Gasteiger partial charge on any atom is 0.244 e. The molecular formula is C15H21N3O. The number of aryl methyl sites for hydroxylation is 1. The van der Waals surface area contributed by atoms with Crippen molar-refractivity contribution in [2.75, 3.05) is 33.2 Å². The minimum Gasteiger partial charge on any atom is -0.342 e. The number of hydrogen-bond acceptors (Lipinski definition) is 3. The van der Waals surface area contributed by atoms with Gasteiger partial charge in [0.1, 0.15) is 6.04 Å². The Balaban J connectivity index is 1.94. The molecule has 2 fully saturated rings. The molecule has 2 saturated heterocycles. The van der Waals surface area contributed by atoms with Gasteiger partial charge in [-0.25, -0.2) is 0 Å². The van der Waals surface area contributed by atoms with Gasteiger partial charge < -0.3 is 10.2 Å². The Morgan fingerprint density at radius 2 is 2.00 bits per heavy atom. The van der Waals surface area contributed by atoms with E-state index in [9.17, 15) is 4.79 Å². The molecule has 2 heterocycles. The van der Waals surface area contributed by atoms with Gasteiger partial charge in [0.05, 0.1) is 0 Å². The monoisotopic (exact) mass is 259 g/mol. The highest BCUT2D eigenvalue weighted by Gasteiger charge is 2.40. The van der Waals surface area contributed by atoms with Gasteiger partial charge in [0.2, 0.25) is 5.91 Å². The zero-order chi connectivity index (χ0) is 13.4. The van der Waals surface area contributed by atoms with Crippen molar-refractivity contribution in [3.8, 4) is 0 Å². The third-order valence-electron chi connectivity index (χ3n) is 4.22. The maximum absolute atomic E-state index is 12.5. The summed E-state index contributed by atoms with van der Waals surface area (Å²) in [5, 5.41) is 3.42. The van der Waals surface area contributed by atoms with Gasteiger partial charge in [-0.15, -0.1) is 0 Å². The topological polar surface area (TPSA) is 35.6 Å². The number of nitrogens with one attached hydrogen (secondary N) is 1. The lowest BCUT2D eigenvalue weighted by molar-refractivity contribution is -0.144. The van der Waals surface area contributed by atoms with E-state index in [1.54, 1.807) is 0 Å². The van der Waals surface area contributed by atoms with Crippen molar-refractivity contribution in [2.45, 2.75) is 19.0 Å². The Morgan fingerprint density at radius 3 is 2.74 bits per heavy atom. The molecule has 2 aliphatic rings. The Hall–Kier alpha value is -1.39. The third-order valence-corrected chi connectivity index (χ3v) is 4.22. The number of nitrogens with zero attached hydrogens (tertiary/aromatic N) is 2. The molecule has 0 bridgehead atoms. The second-order valence-electron chi connectivity index (χ2n) is 5.63. The van der Waals surface area contributed by atoms with E-state index in [4.69, 9.17) is 0 Å². The largest absolute Gasteiger partial charge is 0.342 e. The average molecular weight is 259 g/mol. The van der Waals surface area contributed by atoms with E-state index >= 15 is 0 Å². The van der Waals surface area contributed by atoms with Crippen molar-refractivity contribution in [3.63, 3.8) is 0 Å². The summed E-state index contributed by atoms with van der Waals surface area (Å²) in [5.41, 5.74) is 2.35. The molecule has 0 saturated carbocycles. The second kappa shape index (κ2) is 4.94. The van der Waals surface area contributed by atoms with Gasteiger partial charge in [-0.2, -0.15) is 0 Å². The fourth-order valence-corrected chi connectivity index (χ4v) is 3.13. The molecule has 1 amide bonds. The number of benzene rings is 1. The van der Waals surface area contributed by atoms with E-state index in [1.165, 1.54) is 5.56 Å². The van der Waals surface area contributed by atoms with Crippen LogP contribution in [0.15, 0.2) is 24.3 Å². The first-order chi connectivity index (χ1) is 9.16. The summed E-state index contributed by atoms with van der Waals surface area (Å²) in [7, 11) is 1.91. The highest BCUT2D eigenvalue weighted by molar-refractivity contribution is 5.84. The Bertz CT molecular complexity index is 471. The Morgan fingerprint density at radius 1 is 1.26 bits per heavy atom. The molecule has 1 N–H and O–H groups in total. The Labute approximate surface area is 114 Å². The normalized spacial score (nSPS) is 28.3. The molecule has 2 aliphatic heterocycles. The molecule has 19 heavy (non-hydrogen) atoms. The zero-order valence-electron chi connectivity index (χ0n) is 11.6. The quantitative estimate of drug-likeness (QED) is 0.809. The van der Waals surface area contributed by atoms with Crippen molar-refractivity contribution in [3.05, 3.63) is 35.4 Å². The van der Waals surface area contributed by atoms with Gasteiger partial charge in [0, 0.05) is 39.3 Å². The number of rotatable bonds is 1. The van der Waals surface area contributed by atoms with E-state index in [1.807, 2.05) is 11.9 Å². The van der Waals surface area contributed by atoms with Gasteiger partial charge in [0.25, 0.3) is 0 Å². The van der Waals surface area contributed by atoms with E-state index in [2.05, 4.69) is 41.4 Å². The molecule has 1 aromatic rings. The summed E-state index contributed by atoms with van der Waals surface area (Å²) in [5.74, 6) is 0.224. The predicted octanol–water partition coefficient (Wildman–Crippen LogP) is 0.782. The minimum absolute atomic E-state index is 0.105. The first kappa shape index (κ1) is 12.6. The molecule has 2 atom stereocenters. The van der Waals surface area contributed by atoms with Gasteiger partial charge in [-0.3, -0.25) is 9.69 Å². The van der Waals surface area contributed by atoms with Crippen LogP contribution in [-0.2, 0) is 4.79 Å². The summed E-state index contributed by atoms with van der Waals surface area (Å²) in [6, 6.07) is 8.70. The second-order valence-corrected chi connectivity index (χ2v) is 5.63. The van der Waals surface area contributed by atoms with Crippen LogP contribution in [0.5, 0.6) is 0 Å². The molecule has 0 aromatic heterocycles. The van der Waals surface area contributed by atoms with Crippen molar-refractivity contribution in [2.24, 2.45) is 0 Å². The van der Waals surface area contributed by atoms with Crippen LogP contribution in [0.3, 0.4) is 0 Å².